The van der Waals surface area contributed by atoms with Crippen molar-refractivity contribution in [1.29, 1.82) is 0 Å². The molecule has 1 unspecified atom stereocenters. The molecule has 0 aromatic heterocycles. The molecule has 2 rings (SSSR count). The predicted octanol–water partition coefficient (Wildman–Crippen LogP) is -3.91. The number of carbonyl (C=O) groups is 3. The Morgan fingerprint density at radius 1 is 1.35 bits per heavy atom. The van der Waals surface area contributed by atoms with Gasteiger partial charge in [0.15, 0.2) is 0 Å². The minimum Gasteiger partial charge on any atom is -0.747 e. The van der Waals surface area contributed by atoms with Crippen molar-refractivity contribution in [2.45, 2.75) is 37.7 Å². The summed E-state index contributed by atoms with van der Waals surface area (Å²) < 4.78 is 32.8. The van der Waals surface area contributed by atoms with Gasteiger partial charge in [-0.2, -0.15) is 0 Å². The third-order valence-electron chi connectivity index (χ3n) is 4.18. The van der Waals surface area contributed by atoms with Crippen molar-refractivity contribution in [3.05, 3.63) is 39.4 Å². The van der Waals surface area contributed by atoms with Crippen molar-refractivity contribution >= 4 is 33.6 Å². The van der Waals surface area contributed by atoms with E-state index in [2.05, 4.69) is 10.2 Å². The number of nitrogens with one attached hydrogen (secondary N) is 1. The molecule has 0 saturated carbocycles. The van der Waals surface area contributed by atoms with Crippen LogP contribution in [0.3, 0.4) is 0 Å². The number of benzene rings is 1. The topological polar surface area (TPSA) is 196 Å². The number of aliphatic hydroxyl groups excluding tert-OH is 1. The molecule has 1 atom stereocenters. The molecule has 2 N–H and O–H groups in total. The molecule has 0 radical (unpaired) electrons. The van der Waals surface area contributed by atoms with Crippen LogP contribution in [0.15, 0.2) is 18.2 Å². The number of hydrogen-bond donors (Lipinski definition) is 2. The molecule has 1 fully saturated rings. The number of carbonyl (C=O) groups excluding carboxylic acids is 3. The van der Waals surface area contributed by atoms with Gasteiger partial charge < -0.3 is 19.8 Å². The molecule has 0 bridgehead atoms. The van der Waals surface area contributed by atoms with Gasteiger partial charge >= 0.3 is 35.5 Å². The van der Waals surface area contributed by atoms with Crippen LogP contribution in [0.1, 0.15) is 30.4 Å². The molecule has 15 heteroatoms. The van der Waals surface area contributed by atoms with Crippen molar-refractivity contribution in [1.82, 2.24) is 10.4 Å². The minimum atomic E-state index is -5.03. The number of nitro groups is 1. The molecule has 164 valence electrons. The molecular formula is C16H18N3NaO10S. The molecule has 1 heterocycles. The van der Waals surface area contributed by atoms with E-state index in [-0.39, 0.29) is 58.7 Å². The Labute approximate surface area is 198 Å². The number of amides is 2. The summed E-state index contributed by atoms with van der Waals surface area (Å²) in [5, 5.41) is 20.9. The molecular weight excluding hydrogens is 449 g/mol. The van der Waals surface area contributed by atoms with E-state index in [1.54, 1.807) is 0 Å². The smallest absolute Gasteiger partial charge is 0.747 e. The first kappa shape index (κ1) is 27.1. The van der Waals surface area contributed by atoms with Gasteiger partial charge in [-0.15, -0.1) is 5.06 Å². The average Bonchev–Trinajstić information content (AvgIpc) is 2.95. The average molecular weight is 467 g/mol. The summed E-state index contributed by atoms with van der Waals surface area (Å²) in [5.41, 5.74) is 0.647. The first-order valence-corrected chi connectivity index (χ1v) is 10.1. The first-order valence-electron chi connectivity index (χ1n) is 8.64. The van der Waals surface area contributed by atoms with Crippen molar-refractivity contribution in [3.8, 4) is 0 Å². The van der Waals surface area contributed by atoms with Gasteiger partial charge in [0.25, 0.3) is 17.5 Å². The van der Waals surface area contributed by atoms with Gasteiger partial charge in [-0.25, -0.2) is 13.2 Å². The number of rotatable bonds is 10. The van der Waals surface area contributed by atoms with Gasteiger partial charge in [-0.1, -0.05) is 6.07 Å². The summed E-state index contributed by atoms with van der Waals surface area (Å²) in [7, 11) is -5.03. The van der Waals surface area contributed by atoms with Crippen LogP contribution in [0.2, 0.25) is 0 Å². The predicted molar refractivity (Wildman–Crippen MR) is 96.0 cm³/mol. The van der Waals surface area contributed by atoms with E-state index in [0.29, 0.717) is 18.7 Å². The van der Waals surface area contributed by atoms with Crippen LogP contribution in [-0.2, 0) is 42.5 Å². The normalized spacial score (nSPS) is 16.2. The third-order valence-corrected chi connectivity index (χ3v) is 5.24. The summed E-state index contributed by atoms with van der Waals surface area (Å²) in [6.45, 7) is 0.116. The summed E-state index contributed by atoms with van der Waals surface area (Å²) in [5.74, 6) is -3.44. The number of nitrogens with zero attached hydrogens (tertiary/aromatic N) is 2. The number of hydrogen-bond acceptors (Lipinski definition) is 11. The van der Waals surface area contributed by atoms with Crippen molar-refractivity contribution < 1.29 is 71.8 Å². The Morgan fingerprint density at radius 2 is 2.03 bits per heavy atom. The van der Waals surface area contributed by atoms with Gasteiger partial charge in [0.05, 0.1) is 23.5 Å². The van der Waals surface area contributed by atoms with Crippen molar-refractivity contribution in [2.75, 3.05) is 6.54 Å². The van der Waals surface area contributed by atoms with E-state index in [1.807, 2.05) is 0 Å². The maximum absolute atomic E-state index is 11.7. The minimum absolute atomic E-state index is 0. The Kier molecular flexibility index (Phi) is 10.2. The zero-order chi connectivity index (χ0) is 22.5. The molecule has 1 aromatic rings. The summed E-state index contributed by atoms with van der Waals surface area (Å²) in [6.07, 6.45) is -0.844. The molecule has 1 aliphatic rings. The number of hydroxylamine groups is 2. The second-order valence-corrected chi connectivity index (χ2v) is 7.89. The second kappa shape index (κ2) is 11.6. The van der Waals surface area contributed by atoms with Gasteiger partial charge in [0.1, 0.15) is 15.4 Å². The summed E-state index contributed by atoms with van der Waals surface area (Å²) in [4.78, 5) is 49.9. The van der Waals surface area contributed by atoms with Gasteiger partial charge in [-0.05, 0) is 24.6 Å². The Balaban J connectivity index is 0.00000480. The zero-order valence-corrected chi connectivity index (χ0v) is 19.3. The van der Waals surface area contributed by atoms with E-state index in [1.165, 1.54) is 18.2 Å². The largest absolute Gasteiger partial charge is 1.00 e. The monoisotopic (exact) mass is 467 g/mol. The van der Waals surface area contributed by atoms with Crippen LogP contribution < -0.4 is 34.9 Å². The first-order chi connectivity index (χ1) is 14.0. The van der Waals surface area contributed by atoms with E-state index in [4.69, 9.17) is 0 Å². The number of imide groups is 1. The summed E-state index contributed by atoms with van der Waals surface area (Å²) >= 11 is 0. The Hall–Kier alpha value is -1.94. The van der Waals surface area contributed by atoms with Crippen LogP contribution in [0.4, 0.5) is 5.69 Å². The zero-order valence-electron chi connectivity index (χ0n) is 16.5. The van der Waals surface area contributed by atoms with Crippen LogP contribution in [-0.4, -0.2) is 57.6 Å². The molecule has 1 saturated heterocycles. The fraction of sp³-hybridized carbons (Fsp3) is 0.438. The van der Waals surface area contributed by atoms with Crippen molar-refractivity contribution in [2.24, 2.45) is 0 Å². The summed E-state index contributed by atoms with van der Waals surface area (Å²) in [6, 6.07) is 4.27. The molecule has 0 aliphatic carbocycles. The fourth-order valence-electron chi connectivity index (χ4n) is 2.70. The van der Waals surface area contributed by atoms with Gasteiger partial charge in [0.2, 0.25) is 0 Å². The van der Waals surface area contributed by atoms with Crippen LogP contribution in [0.25, 0.3) is 0 Å². The molecule has 0 spiro atoms. The van der Waals surface area contributed by atoms with E-state index in [0.717, 1.165) is 0 Å². The van der Waals surface area contributed by atoms with E-state index < -0.39 is 51.1 Å². The van der Waals surface area contributed by atoms with Gasteiger partial charge in [0, 0.05) is 19.0 Å². The molecule has 31 heavy (non-hydrogen) atoms. The quantitative estimate of drug-likeness (QED) is 0.0852. The molecule has 1 aliphatic heterocycles. The molecule has 2 amide bonds. The van der Waals surface area contributed by atoms with Crippen LogP contribution in [0.5, 0.6) is 0 Å². The van der Waals surface area contributed by atoms with E-state index >= 15 is 0 Å². The maximum Gasteiger partial charge on any atom is 1.00 e. The second-order valence-electron chi connectivity index (χ2n) is 6.33. The maximum atomic E-state index is 11.7. The fourth-order valence-corrected chi connectivity index (χ4v) is 3.38. The standard InChI is InChI=1S/C16H19N3O10S.Na/c20-9-11-6-10(3-4-12(11)19(24)25)8-17-5-1-2-15(22)29-18-14(21)7-13(16(18)23)30(26,27)28;/h3-4,6,13,17,20H,1-2,5,7-9H2,(H,26,27,28);/q;+1/p-1. The van der Waals surface area contributed by atoms with Crippen LogP contribution in [0, 0.1) is 10.1 Å². The van der Waals surface area contributed by atoms with E-state index in [9.17, 15) is 42.6 Å². The molecule has 1 aromatic carbocycles. The Bertz CT molecular complexity index is 968. The van der Waals surface area contributed by atoms with Gasteiger partial charge in [-0.3, -0.25) is 19.7 Å². The van der Waals surface area contributed by atoms with Crippen molar-refractivity contribution in [3.63, 3.8) is 0 Å². The molecule has 13 nitrogen and oxygen atoms in total. The number of aliphatic hydroxyl groups is 1. The van der Waals surface area contributed by atoms with Crippen LogP contribution >= 0.6 is 0 Å². The number of nitro benzene ring substituents is 1. The Morgan fingerprint density at radius 3 is 2.58 bits per heavy atom. The third kappa shape index (κ3) is 7.31. The SMILES string of the molecule is O=C(CCCNCc1ccc([N+](=O)[O-])c(CO)c1)ON1C(=O)CC(S(=O)(=O)[O-])C1=O.[Na+].